The van der Waals surface area contributed by atoms with E-state index >= 15 is 0 Å². The second-order valence-electron chi connectivity index (χ2n) is 6.69. The lowest BCUT2D eigenvalue weighted by Crippen LogP contribution is -2.55. The first-order valence-electron chi connectivity index (χ1n) is 5.91. The van der Waals surface area contributed by atoms with Gasteiger partial charge >= 0.3 is 0 Å². The van der Waals surface area contributed by atoms with E-state index in [-0.39, 0.29) is 16.7 Å². The molecule has 0 aromatic rings. The summed E-state index contributed by atoms with van der Waals surface area (Å²) in [4.78, 5) is 0. The van der Waals surface area contributed by atoms with Crippen molar-refractivity contribution >= 4 is 0 Å². The summed E-state index contributed by atoms with van der Waals surface area (Å²) in [6.45, 7) is 18.0. The molecule has 0 spiro atoms. The molecule has 2 heteroatoms. The van der Waals surface area contributed by atoms with E-state index in [1.54, 1.807) is 0 Å². The summed E-state index contributed by atoms with van der Waals surface area (Å²) in [5.74, 6) is 0. The molecule has 1 N–H and O–H groups in total. The van der Waals surface area contributed by atoms with E-state index in [4.69, 9.17) is 4.74 Å². The standard InChI is InChI=1S/C13H29NO/c1-9-13(8,14-11(2,3)4)10-15-12(5,6)7/h14H,9-10H2,1-8H3. The highest BCUT2D eigenvalue weighted by Crippen LogP contribution is 2.18. The SMILES string of the molecule is CCC(C)(COC(C)(C)C)NC(C)(C)C. The molecule has 2 nitrogen and oxygen atoms in total. The van der Waals surface area contributed by atoms with E-state index < -0.39 is 0 Å². The van der Waals surface area contributed by atoms with Gasteiger partial charge in [0.1, 0.15) is 0 Å². The molecule has 0 bridgehead atoms. The Morgan fingerprint density at radius 2 is 1.40 bits per heavy atom. The molecule has 15 heavy (non-hydrogen) atoms. The summed E-state index contributed by atoms with van der Waals surface area (Å²) in [5.41, 5.74) is 0.132. The molecule has 0 aliphatic heterocycles. The van der Waals surface area contributed by atoms with Crippen molar-refractivity contribution in [3.05, 3.63) is 0 Å². The van der Waals surface area contributed by atoms with Crippen molar-refractivity contribution in [2.24, 2.45) is 0 Å². The van der Waals surface area contributed by atoms with Gasteiger partial charge in [-0.2, -0.15) is 0 Å². The van der Waals surface area contributed by atoms with Crippen molar-refractivity contribution in [2.45, 2.75) is 78.5 Å². The van der Waals surface area contributed by atoms with Crippen LogP contribution in [0.25, 0.3) is 0 Å². The maximum absolute atomic E-state index is 5.87. The molecule has 0 fully saturated rings. The zero-order valence-corrected chi connectivity index (χ0v) is 11.8. The minimum absolute atomic E-state index is 0.0595. The lowest BCUT2D eigenvalue weighted by molar-refractivity contribution is -0.0391. The molecule has 1 unspecified atom stereocenters. The van der Waals surface area contributed by atoms with Gasteiger partial charge in [-0.3, -0.25) is 0 Å². The van der Waals surface area contributed by atoms with Gasteiger partial charge in [0.25, 0.3) is 0 Å². The van der Waals surface area contributed by atoms with Gasteiger partial charge in [-0.25, -0.2) is 0 Å². The third kappa shape index (κ3) is 7.80. The summed E-state index contributed by atoms with van der Waals surface area (Å²) in [7, 11) is 0. The second kappa shape index (κ2) is 4.84. The maximum atomic E-state index is 5.87. The maximum Gasteiger partial charge on any atom is 0.0652 e. The Bertz CT molecular complexity index is 188. The number of hydrogen-bond acceptors (Lipinski definition) is 2. The molecular formula is C13H29NO. The van der Waals surface area contributed by atoms with Crippen LogP contribution >= 0.6 is 0 Å². The van der Waals surface area contributed by atoms with Crippen LogP contribution in [0.15, 0.2) is 0 Å². The van der Waals surface area contributed by atoms with Crippen LogP contribution in [0.1, 0.15) is 61.8 Å². The molecule has 0 amide bonds. The highest BCUT2D eigenvalue weighted by atomic mass is 16.5. The van der Waals surface area contributed by atoms with Crippen LogP contribution in [0.2, 0.25) is 0 Å². The van der Waals surface area contributed by atoms with Gasteiger partial charge < -0.3 is 10.1 Å². The van der Waals surface area contributed by atoms with E-state index in [1.807, 2.05) is 0 Å². The minimum Gasteiger partial charge on any atom is -0.374 e. The molecule has 0 saturated carbocycles. The van der Waals surface area contributed by atoms with Crippen LogP contribution in [0.3, 0.4) is 0 Å². The average molecular weight is 215 g/mol. The second-order valence-corrected chi connectivity index (χ2v) is 6.69. The molecule has 0 aromatic heterocycles. The Morgan fingerprint density at radius 3 is 1.67 bits per heavy atom. The van der Waals surface area contributed by atoms with E-state index in [2.05, 4.69) is 60.7 Å². The smallest absolute Gasteiger partial charge is 0.0652 e. The normalized spacial score (nSPS) is 17.6. The number of rotatable bonds is 4. The molecule has 0 aliphatic carbocycles. The van der Waals surface area contributed by atoms with Crippen molar-refractivity contribution in [3.8, 4) is 0 Å². The average Bonchev–Trinajstić information content (AvgIpc) is 1.97. The molecule has 0 saturated heterocycles. The summed E-state index contributed by atoms with van der Waals surface area (Å²) in [6.07, 6.45) is 1.07. The third-order valence-corrected chi connectivity index (χ3v) is 2.28. The van der Waals surface area contributed by atoms with Crippen LogP contribution in [-0.4, -0.2) is 23.3 Å². The van der Waals surface area contributed by atoms with Crippen LogP contribution in [0.5, 0.6) is 0 Å². The van der Waals surface area contributed by atoms with E-state index in [1.165, 1.54) is 0 Å². The van der Waals surface area contributed by atoms with Crippen molar-refractivity contribution in [1.29, 1.82) is 0 Å². The molecule has 1 atom stereocenters. The largest absolute Gasteiger partial charge is 0.374 e. The molecule has 0 radical (unpaired) electrons. The lowest BCUT2D eigenvalue weighted by atomic mass is 9.94. The van der Waals surface area contributed by atoms with E-state index in [9.17, 15) is 0 Å². The van der Waals surface area contributed by atoms with Gasteiger partial charge in [0.05, 0.1) is 12.2 Å². The highest BCUT2D eigenvalue weighted by molar-refractivity contribution is 4.88. The Balaban J connectivity index is 4.32. The van der Waals surface area contributed by atoms with Gasteiger partial charge in [-0.15, -0.1) is 0 Å². The van der Waals surface area contributed by atoms with Gasteiger partial charge in [-0.05, 0) is 54.9 Å². The first-order valence-corrected chi connectivity index (χ1v) is 5.91. The molecule has 0 heterocycles. The zero-order chi connectivity index (χ0) is 12.3. The molecular weight excluding hydrogens is 186 g/mol. The van der Waals surface area contributed by atoms with Crippen LogP contribution in [0, 0.1) is 0 Å². The highest BCUT2D eigenvalue weighted by Gasteiger charge is 2.29. The summed E-state index contributed by atoms with van der Waals surface area (Å²) in [5, 5.41) is 3.63. The monoisotopic (exact) mass is 215 g/mol. The van der Waals surface area contributed by atoms with E-state index in [0.29, 0.717) is 0 Å². The van der Waals surface area contributed by atoms with Gasteiger partial charge in [0.15, 0.2) is 0 Å². The summed E-state index contributed by atoms with van der Waals surface area (Å²) >= 11 is 0. The Morgan fingerprint density at radius 1 is 0.933 bits per heavy atom. The lowest BCUT2D eigenvalue weighted by Gasteiger charge is -2.38. The Labute approximate surface area is 95.8 Å². The fourth-order valence-corrected chi connectivity index (χ4v) is 1.51. The number of hydrogen-bond donors (Lipinski definition) is 1. The van der Waals surface area contributed by atoms with Gasteiger partial charge in [0.2, 0.25) is 0 Å². The third-order valence-electron chi connectivity index (χ3n) is 2.28. The molecule has 0 aliphatic rings. The predicted molar refractivity (Wildman–Crippen MR) is 67.3 cm³/mol. The summed E-state index contributed by atoms with van der Waals surface area (Å²) in [6, 6.07) is 0. The van der Waals surface area contributed by atoms with Crippen molar-refractivity contribution in [1.82, 2.24) is 5.32 Å². The topological polar surface area (TPSA) is 21.3 Å². The van der Waals surface area contributed by atoms with Gasteiger partial charge in [-0.1, -0.05) is 6.92 Å². The molecule has 92 valence electrons. The van der Waals surface area contributed by atoms with Gasteiger partial charge in [0, 0.05) is 11.1 Å². The predicted octanol–water partition coefficient (Wildman–Crippen LogP) is 3.36. The van der Waals surface area contributed by atoms with Crippen LogP contribution < -0.4 is 5.32 Å². The van der Waals surface area contributed by atoms with Crippen molar-refractivity contribution < 1.29 is 4.74 Å². The fourth-order valence-electron chi connectivity index (χ4n) is 1.51. The van der Waals surface area contributed by atoms with Crippen molar-refractivity contribution in [3.63, 3.8) is 0 Å². The molecule has 0 rings (SSSR count). The van der Waals surface area contributed by atoms with Crippen molar-refractivity contribution in [2.75, 3.05) is 6.61 Å². The molecule has 0 aromatic carbocycles. The van der Waals surface area contributed by atoms with Crippen LogP contribution in [-0.2, 0) is 4.74 Å². The Kier molecular flexibility index (Phi) is 4.81. The van der Waals surface area contributed by atoms with E-state index in [0.717, 1.165) is 13.0 Å². The minimum atomic E-state index is -0.0595. The first-order chi connectivity index (χ1) is 6.47. The number of nitrogens with one attached hydrogen (secondary N) is 1. The summed E-state index contributed by atoms with van der Waals surface area (Å²) < 4.78 is 5.87. The Hall–Kier alpha value is -0.0800. The first kappa shape index (κ1) is 14.9. The zero-order valence-electron chi connectivity index (χ0n) is 11.8. The van der Waals surface area contributed by atoms with Crippen LogP contribution in [0.4, 0.5) is 0 Å². The quantitative estimate of drug-likeness (QED) is 0.776. The fraction of sp³-hybridized carbons (Fsp3) is 1.00. The number of ether oxygens (including phenoxy) is 1.